The van der Waals surface area contributed by atoms with Gasteiger partial charge in [0, 0.05) is 12.6 Å². The van der Waals surface area contributed by atoms with Crippen molar-refractivity contribution in [3.8, 4) is 0 Å². The number of carbonyl (C=O) groups is 3. The molecule has 4 N–H and O–H groups in total. The second-order valence-electron chi connectivity index (χ2n) is 10.2. The smallest absolute Gasteiger partial charge is 0.273 e. The fourth-order valence-corrected chi connectivity index (χ4v) is 5.32. The highest BCUT2D eigenvalue weighted by Crippen LogP contribution is 2.27. The third kappa shape index (κ3) is 8.05. The highest BCUT2D eigenvalue weighted by molar-refractivity contribution is 7.09. The number of hydrogen-bond acceptors (Lipinski definition) is 7. The van der Waals surface area contributed by atoms with Crippen LogP contribution in [0.5, 0.6) is 0 Å². The third-order valence-electron chi connectivity index (χ3n) is 6.78. The molecule has 2 heterocycles. The summed E-state index contributed by atoms with van der Waals surface area (Å²) in [6.45, 7) is 6.89. The highest BCUT2D eigenvalue weighted by atomic mass is 32.1. The monoisotopic (exact) mass is 531 g/mol. The average molecular weight is 532 g/mol. The number of nitrogens with one attached hydrogen (secondary N) is 2. The number of furan rings is 1. The Bertz CT molecular complexity index is 1010. The maximum atomic E-state index is 13.9. The van der Waals surface area contributed by atoms with Gasteiger partial charge in [0.1, 0.15) is 16.7 Å². The number of aromatic nitrogens is 1. The standard InChI is InChI=1S/C27H41N5O4S/c1-4-5-13-21(25(33)29-15-14-18(2)3)32(17-20-12-9-16-36-20)27(35)24-22(28)23(31-37-24)26(34)30-19-10-7-6-8-11-19/h9,12,16,18-19,21H,4-8,10-11,13-15,17,28H2,1-3H3,(H,29,33)(H,30,34). The van der Waals surface area contributed by atoms with Crippen LogP contribution in [0.25, 0.3) is 0 Å². The van der Waals surface area contributed by atoms with E-state index in [-0.39, 0.29) is 40.7 Å². The van der Waals surface area contributed by atoms with Crippen molar-refractivity contribution in [3.05, 3.63) is 34.7 Å². The number of anilines is 1. The Balaban J connectivity index is 1.84. The van der Waals surface area contributed by atoms with E-state index in [1.807, 2.05) is 6.92 Å². The van der Waals surface area contributed by atoms with Crippen LogP contribution >= 0.6 is 11.5 Å². The molecule has 0 bridgehead atoms. The minimum Gasteiger partial charge on any atom is -0.467 e. The fourth-order valence-electron chi connectivity index (χ4n) is 4.57. The minimum atomic E-state index is -0.703. The summed E-state index contributed by atoms with van der Waals surface area (Å²) in [5, 5.41) is 6.02. The van der Waals surface area contributed by atoms with Crippen LogP contribution in [0.4, 0.5) is 5.69 Å². The van der Waals surface area contributed by atoms with E-state index < -0.39 is 11.9 Å². The van der Waals surface area contributed by atoms with Gasteiger partial charge >= 0.3 is 0 Å². The van der Waals surface area contributed by atoms with Crippen molar-refractivity contribution in [2.24, 2.45) is 5.92 Å². The zero-order valence-electron chi connectivity index (χ0n) is 22.3. The summed E-state index contributed by atoms with van der Waals surface area (Å²) in [7, 11) is 0. The van der Waals surface area contributed by atoms with E-state index in [4.69, 9.17) is 10.2 Å². The van der Waals surface area contributed by atoms with Gasteiger partial charge in [-0.3, -0.25) is 14.4 Å². The van der Waals surface area contributed by atoms with E-state index >= 15 is 0 Å². The topological polar surface area (TPSA) is 131 Å². The molecular formula is C27H41N5O4S. The number of nitrogens with two attached hydrogens (primary N) is 1. The van der Waals surface area contributed by atoms with Crippen LogP contribution in [0, 0.1) is 5.92 Å². The molecule has 3 rings (SSSR count). The molecule has 0 saturated heterocycles. The summed E-state index contributed by atoms with van der Waals surface area (Å²) in [4.78, 5) is 41.8. The Kier molecular flexibility index (Phi) is 11.0. The first-order chi connectivity index (χ1) is 17.8. The Morgan fingerprint density at radius 3 is 2.62 bits per heavy atom. The predicted molar refractivity (Wildman–Crippen MR) is 145 cm³/mol. The normalized spacial score (nSPS) is 14.9. The summed E-state index contributed by atoms with van der Waals surface area (Å²) in [6, 6.07) is 2.92. The lowest BCUT2D eigenvalue weighted by molar-refractivity contribution is -0.126. The van der Waals surface area contributed by atoms with Gasteiger partial charge < -0.3 is 25.7 Å². The predicted octanol–water partition coefficient (Wildman–Crippen LogP) is 4.74. The van der Waals surface area contributed by atoms with E-state index in [9.17, 15) is 14.4 Å². The molecule has 1 aliphatic rings. The number of amides is 3. The zero-order valence-corrected chi connectivity index (χ0v) is 23.1. The van der Waals surface area contributed by atoms with Crippen molar-refractivity contribution in [2.75, 3.05) is 12.3 Å². The Morgan fingerprint density at radius 1 is 1.22 bits per heavy atom. The Morgan fingerprint density at radius 2 is 1.97 bits per heavy atom. The number of hydrogen-bond donors (Lipinski definition) is 3. The number of nitrogen functional groups attached to an aromatic ring is 1. The van der Waals surface area contributed by atoms with Crippen LogP contribution in [0.3, 0.4) is 0 Å². The van der Waals surface area contributed by atoms with Crippen LogP contribution in [0.15, 0.2) is 22.8 Å². The lowest BCUT2D eigenvalue weighted by Crippen LogP contribution is -2.49. The summed E-state index contributed by atoms with van der Waals surface area (Å²) in [5.41, 5.74) is 6.46. The number of carbonyl (C=O) groups excluding carboxylic acids is 3. The molecule has 37 heavy (non-hydrogen) atoms. The minimum absolute atomic E-state index is 0.0576. The fraction of sp³-hybridized carbons (Fsp3) is 0.630. The summed E-state index contributed by atoms with van der Waals surface area (Å²) in [5.74, 6) is 0.0235. The highest BCUT2D eigenvalue weighted by Gasteiger charge is 2.34. The van der Waals surface area contributed by atoms with Gasteiger partial charge in [-0.25, -0.2) is 0 Å². The van der Waals surface area contributed by atoms with Crippen molar-refractivity contribution < 1.29 is 18.8 Å². The van der Waals surface area contributed by atoms with Crippen molar-refractivity contribution in [1.29, 1.82) is 0 Å². The number of nitrogens with zero attached hydrogens (tertiary/aromatic N) is 2. The van der Waals surface area contributed by atoms with Gasteiger partial charge in [-0.15, -0.1) is 0 Å². The first kappa shape index (κ1) is 28.7. The van der Waals surface area contributed by atoms with E-state index in [2.05, 4.69) is 28.9 Å². The van der Waals surface area contributed by atoms with E-state index in [0.29, 0.717) is 24.6 Å². The van der Waals surface area contributed by atoms with Crippen LogP contribution in [-0.2, 0) is 11.3 Å². The molecule has 1 aliphatic carbocycles. The van der Waals surface area contributed by atoms with Crippen molar-refractivity contribution in [2.45, 2.75) is 97.2 Å². The molecule has 2 aromatic rings. The molecule has 1 atom stereocenters. The molecule has 0 aliphatic heterocycles. The second kappa shape index (κ2) is 14.2. The van der Waals surface area contributed by atoms with Gasteiger partial charge in [0.05, 0.1) is 18.5 Å². The van der Waals surface area contributed by atoms with Gasteiger partial charge in [-0.05, 0) is 55.3 Å². The van der Waals surface area contributed by atoms with Gasteiger partial charge in [0.25, 0.3) is 11.8 Å². The van der Waals surface area contributed by atoms with Crippen LogP contribution < -0.4 is 16.4 Å². The molecule has 9 nitrogen and oxygen atoms in total. The zero-order chi connectivity index (χ0) is 26.8. The lowest BCUT2D eigenvalue weighted by Gasteiger charge is -2.30. The van der Waals surface area contributed by atoms with E-state index in [0.717, 1.165) is 56.5 Å². The first-order valence-electron chi connectivity index (χ1n) is 13.5. The molecule has 10 heteroatoms. The maximum Gasteiger partial charge on any atom is 0.273 e. The number of rotatable bonds is 13. The van der Waals surface area contributed by atoms with Gasteiger partial charge in [0.15, 0.2) is 5.69 Å². The van der Waals surface area contributed by atoms with Crippen molar-refractivity contribution >= 4 is 34.9 Å². The largest absolute Gasteiger partial charge is 0.467 e. The van der Waals surface area contributed by atoms with Crippen molar-refractivity contribution in [3.63, 3.8) is 0 Å². The molecule has 1 unspecified atom stereocenters. The van der Waals surface area contributed by atoms with Crippen LogP contribution in [0.1, 0.15) is 104 Å². The molecule has 1 fully saturated rings. The third-order valence-corrected chi connectivity index (χ3v) is 7.63. The van der Waals surface area contributed by atoms with Crippen molar-refractivity contribution in [1.82, 2.24) is 19.9 Å². The Labute approximate surface area is 223 Å². The second-order valence-corrected chi connectivity index (χ2v) is 11.0. The molecular weight excluding hydrogens is 490 g/mol. The lowest BCUT2D eigenvalue weighted by atomic mass is 9.95. The molecule has 0 spiro atoms. The average Bonchev–Trinajstić information content (AvgIpc) is 3.53. The summed E-state index contributed by atoms with van der Waals surface area (Å²) >= 11 is 0.901. The quantitative estimate of drug-likeness (QED) is 0.342. The molecule has 0 aromatic carbocycles. The molecule has 204 valence electrons. The number of unbranched alkanes of at least 4 members (excludes halogenated alkanes) is 1. The molecule has 1 saturated carbocycles. The van der Waals surface area contributed by atoms with E-state index in [1.165, 1.54) is 17.6 Å². The first-order valence-corrected chi connectivity index (χ1v) is 14.3. The molecule has 0 radical (unpaired) electrons. The summed E-state index contributed by atoms with van der Waals surface area (Å²) < 4.78 is 9.77. The SMILES string of the molecule is CCCCC(C(=O)NCCC(C)C)N(Cc1ccco1)C(=O)c1snc(C(=O)NC2CCCCC2)c1N. The van der Waals surface area contributed by atoms with Gasteiger partial charge in [-0.1, -0.05) is 52.9 Å². The van der Waals surface area contributed by atoms with E-state index in [1.54, 1.807) is 12.1 Å². The van der Waals surface area contributed by atoms with Gasteiger partial charge in [-0.2, -0.15) is 4.37 Å². The maximum absolute atomic E-state index is 13.9. The van der Waals surface area contributed by atoms with Gasteiger partial charge in [0.2, 0.25) is 5.91 Å². The summed E-state index contributed by atoms with van der Waals surface area (Å²) in [6.07, 6.45) is 9.76. The van der Waals surface area contributed by atoms with Crippen LogP contribution in [-0.4, -0.2) is 45.6 Å². The Hall–Kier alpha value is -2.88. The molecule has 2 aromatic heterocycles. The molecule has 3 amide bonds. The van der Waals surface area contributed by atoms with Crippen LogP contribution in [0.2, 0.25) is 0 Å².